The Morgan fingerprint density at radius 3 is 2.83 bits per heavy atom. The summed E-state index contributed by atoms with van der Waals surface area (Å²) in [6, 6.07) is 12.0. The number of nitrogens with one attached hydrogen (secondary N) is 1. The average molecular weight is 390 g/mol. The van der Waals surface area contributed by atoms with Gasteiger partial charge in [0.2, 0.25) is 0 Å². The number of ether oxygens (including phenoxy) is 1. The van der Waals surface area contributed by atoms with Crippen LogP contribution in [0.5, 0.6) is 0 Å². The summed E-state index contributed by atoms with van der Waals surface area (Å²) in [5.41, 5.74) is 1.87. The van der Waals surface area contributed by atoms with Crippen molar-refractivity contribution in [1.82, 2.24) is 19.4 Å². The predicted octanol–water partition coefficient (Wildman–Crippen LogP) is 1.92. The summed E-state index contributed by atoms with van der Waals surface area (Å²) >= 11 is 0. The van der Waals surface area contributed by atoms with Gasteiger partial charge in [-0.1, -0.05) is 18.2 Å². The van der Waals surface area contributed by atoms with Gasteiger partial charge in [0.25, 0.3) is 11.1 Å². The lowest BCUT2D eigenvalue weighted by Gasteiger charge is -2.07. The number of para-hydroxylation sites is 1. The molecule has 0 bridgehead atoms. The van der Waals surface area contributed by atoms with Crippen LogP contribution in [0.4, 0.5) is 0 Å². The number of aromatic amines is 1. The van der Waals surface area contributed by atoms with Crippen molar-refractivity contribution >= 4 is 22.5 Å². The molecule has 0 atom stereocenters. The molecule has 4 aromatic rings. The number of aromatic nitrogens is 4. The first-order valence-corrected chi connectivity index (χ1v) is 9.13. The summed E-state index contributed by atoms with van der Waals surface area (Å²) in [5.74, 6) is -0.0454. The molecule has 0 spiro atoms. The Bertz CT molecular complexity index is 1340. The fraction of sp³-hybridized carbons (Fsp3) is 0.190. The molecule has 4 rings (SSSR count). The van der Waals surface area contributed by atoms with Gasteiger partial charge in [0.1, 0.15) is 18.1 Å². The van der Waals surface area contributed by atoms with Crippen molar-refractivity contribution in [3.05, 3.63) is 86.5 Å². The highest BCUT2D eigenvalue weighted by Crippen LogP contribution is 2.08. The molecule has 8 heteroatoms. The first kappa shape index (κ1) is 18.5. The van der Waals surface area contributed by atoms with E-state index in [1.165, 1.54) is 10.5 Å². The van der Waals surface area contributed by atoms with Crippen LogP contribution in [0.15, 0.2) is 58.3 Å². The summed E-state index contributed by atoms with van der Waals surface area (Å²) in [7, 11) is 0. The Morgan fingerprint density at radius 1 is 1.14 bits per heavy atom. The van der Waals surface area contributed by atoms with Gasteiger partial charge < -0.3 is 9.72 Å². The van der Waals surface area contributed by atoms with E-state index >= 15 is 0 Å². The fourth-order valence-electron chi connectivity index (χ4n) is 3.08. The Balaban J connectivity index is 1.42. The topological polar surface area (TPSA) is 106 Å². The fourth-order valence-corrected chi connectivity index (χ4v) is 3.08. The van der Waals surface area contributed by atoms with Gasteiger partial charge in [0, 0.05) is 18.7 Å². The molecule has 0 aliphatic rings. The Hall–Kier alpha value is -3.81. The molecule has 0 unspecified atom stereocenters. The van der Waals surface area contributed by atoms with Gasteiger partial charge in [-0.2, -0.15) is 0 Å². The zero-order chi connectivity index (χ0) is 20.4. The molecule has 0 saturated heterocycles. The van der Waals surface area contributed by atoms with Gasteiger partial charge in [-0.05, 0) is 30.7 Å². The third-order valence-corrected chi connectivity index (χ3v) is 4.55. The average Bonchev–Trinajstić information content (AvgIpc) is 2.71. The molecule has 0 aliphatic heterocycles. The van der Waals surface area contributed by atoms with E-state index in [0.29, 0.717) is 28.1 Å². The standard InChI is InChI=1S/C21H18N4O4/c1-13-5-4-10-25-18(26)11-14(22-20(13)25)12-29-19(27)9-8-17-23-16-7-3-2-6-15(16)21(28)24-17/h2-7,10-11H,8-9,12H2,1H3,(H,23,24,28). The van der Waals surface area contributed by atoms with E-state index in [9.17, 15) is 14.4 Å². The molecular weight excluding hydrogens is 372 g/mol. The van der Waals surface area contributed by atoms with E-state index in [-0.39, 0.29) is 30.6 Å². The Labute approximate surface area is 164 Å². The number of esters is 1. The second-order valence-corrected chi connectivity index (χ2v) is 6.66. The SMILES string of the molecule is Cc1cccn2c(=O)cc(COC(=O)CCc3nc4ccccc4c(=O)[nH]3)nc12. The van der Waals surface area contributed by atoms with Gasteiger partial charge in [-0.25, -0.2) is 9.97 Å². The summed E-state index contributed by atoms with van der Waals surface area (Å²) in [6.45, 7) is 1.76. The number of hydrogen-bond donors (Lipinski definition) is 1. The zero-order valence-electron chi connectivity index (χ0n) is 15.7. The summed E-state index contributed by atoms with van der Waals surface area (Å²) in [5, 5.41) is 0.503. The maximum Gasteiger partial charge on any atom is 0.306 e. The monoisotopic (exact) mass is 390 g/mol. The van der Waals surface area contributed by atoms with Gasteiger partial charge >= 0.3 is 5.97 Å². The summed E-state index contributed by atoms with van der Waals surface area (Å²) < 4.78 is 6.69. The van der Waals surface area contributed by atoms with E-state index in [4.69, 9.17) is 4.74 Å². The lowest BCUT2D eigenvalue weighted by atomic mass is 10.2. The quantitative estimate of drug-likeness (QED) is 0.522. The zero-order valence-corrected chi connectivity index (χ0v) is 15.7. The number of hydrogen-bond acceptors (Lipinski definition) is 6. The predicted molar refractivity (Wildman–Crippen MR) is 107 cm³/mol. The van der Waals surface area contributed by atoms with Crippen LogP contribution >= 0.6 is 0 Å². The molecule has 0 aliphatic carbocycles. The Morgan fingerprint density at radius 2 is 1.97 bits per heavy atom. The van der Waals surface area contributed by atoms with E-state index < -0.39 is 5.97 Å². The molecule has 1 aromatic carbocycles. The number of rotatable bonds is 5. The smallest absolute Gasteiger partial charge is 0.306 e. The Kier molecular flexibility index (Phi) is 4.90. The molecule has 0 saturated carbocycles. The molecule has 29 heavy (non-hydrogen) atoms. The number of carbonyl (C=O) groups is 1. The highest BCUT2D eigenvalue weighted by Gasteiger charge is 2.10. The minimum atomic E-state index is -0.465. The van der Waals surface area contributed by atoms with E-state index in [1.807, 2.05) is 13.0 Å². The second-order valence-electron chi connectivity index (χ2n) is 6.66. The maximum absolute atomic E-state index is 12.2. The van der Waals surface area contributed by atoms with Crippen LogP contribution in [-0.4, -0.2) is 25.3 Å². The highest BCUT2D eigenvalue weighted by molar-refractivity contribution is 5.77. The molecule has 8 nitrogen and oxygen atoms in total. The number of pyridine rings is 1. The number of fused-ring (bicyclic) bond motifs is 2. The normalized spacial score (nSPS) is 11.1. The van der Waals surface area contributed by atoms with Crippen LogP contribution in [0.25, 0.3) is 16.6 Å². The minimum Gasteiger partial charge on any atom is -0.459 e. The molecule has 146 valence electrons. The van der Waals surface area contributed by atoms with Crippen molar-refractivity contribution in [1.29, 1.82) is 0 Å². The van der Waals surface area contributed by atoms with Crippen molar-refractivity contribution in [3.8, 4) is 0 Å². The van der Waals surface area contributed by atoms with E-state index in [2.05, 4.69) is 15.0 Å². The molecule has 1 N–H and O–H groups in total. The lowest BCUT2D eigenvalue weighted by molar-refractivity contribution is -0.145. The number of aryl methyl sites for hydroxylation is 2. The van der Waals surface area contributed by atoms with Crippen molar-refractivity contribution < 1.29 is 9.53 Å². The molecule has 0 radical (unpaired) electrons. The van der Waals surface area contributed by atoms with Crippen LogP contribution in [0.2, 0.25) is 0 Å². The van der Waals surface area contributed by atoms with Gasteiger partial charge in [0.15, 0.2) is 0 Å². The highest BCUT2D eigenvalue weighted by atomic mass is 16.5. The van der Waals surface area contributed by atoms with Crippen LogP contribution in [-0.2, 0) is 22.6 Å². The van der Waals surface area contributed by atoms with E-state index in [0.717, 1.165) is 5.56 Å². The molecule has 0 amide bonds. The summed E-state index contributed by atoms with van der Waals surface area (Å²) in [4.78, 5) is 47.8. The van der Waals surface area contributed by atoms with Crippen molar-refractivity contribution in [3.63, 3.8) is 0 Å². The van der Waals surface area contributed by atoms with Crippen LogP contribution < -0.4 is 11.1 Å². The largest absolute Gasteiger partial charge is 0.459 e. The number of H-pyrrole nitrogens is 1. The van der Waals surface area contributed by atoms with Crippen molar-refractivity contribution in [2.24, 2.45) is 0 Å². The van der Waals surface area contributed by atoms with Crippen molar-refractivity contribution in [2.45, 2.75) is 26.4 Å². The number of nitrogens with zero attached hydrogens (tertiary/aromatic N) is 3. The lowest BCUT2D eigenvalue weighted by Crippen LogP contribution is -2.17. The summed E-state index contributed by atoms with van der Waals surface area (Å²) in [6.07, 6.45) is 1.93. The number of benzene rings is 1. The van der Waals surface area contributed by atoms with Crippen LogP contribution in [0, 0.1) is 6.92 Å². The van der Waals surface area contributed by atoms with Crippen LogP contribution in [0.3, 0.4) is 0 Å². The third kappa shape index (κ3) is 3.91. The van der Waals surface area contributed by atoms with Gasteiger partial charge in [-0.15, -0.1) is 0 Å². The first-order valence-electron chi connectivity index (χ1n) is 9.13. The maximum atomic E-state index is 12.2. The molecule has 3 aromatic heterocycles. The van der Waals surface area contributed by atoms with E-state index in [1.54, 1.807) is 36.5 Å². The van der Waals surface area contributed by atoms with Gasteiger partial charge in [0.05, 0.1) is 23.0 Å². The van der Waals surface area contributed by atoms with Gasteiger partial charge in [-0.3, -0.25) is 18.8 Å². The second kappa shape index (κ2) is 7.67. The minimum absolute atomic E-state index is 0.0485. The molecular formula is C21H18N4O4. The third-order valence-electron chi connectivity index (χ3n) is 4.55. The molecule has 3 heterocycles. The first-order chi connectivity index (χ1) is 14.0. The van der Waals surface area contributed by atoms with Crippen molar-refractivity contribution in [2.75, 3.05) is 0 Å². The molecule has 0 fully saturated rings. The number of carbonyl (C=O) groups excluding carboxylic acids is 1. The van der Waals surface area contributed by atoms with Crippen LogP contribution in [0.1, 0.15) is 23.5 Å².